The van der Waals surface area contributed by atoms with Crippen LogP contribution < -0.4 is 0 Å². The van der Waals surface area contributed by atoms with Gasteiger partial charge in [-0.2, -0.15) is 0 Å². The normalized spacial score (nSPS) is 24.5. The number of carbonyl (C=O) groups excluding carboxylic acids is 1. The van der Waals surface area contributed by atoms with E-state index in [1.54, 1.807) is 23.1 Å². The van der Waals surface area contributed by atoms with E-state index < -0.39 is 11.2 Å². The van der Waals surface area contributed by atoms with Crippen LogP contribution in [0.2, 0.25) is 0 Å². The van der Waals surface area contributed by atoms with Crippen molar-refractivity contribution in [1.29, 1.82) is 0 Å². The van der Waals surface area contributed by atoms with Gasteiger partial charge in [0.15, 0.2) is 5.78 Å². The molecule has 0 fully saturated rings. The van der Waals surface area contributed by atoms with Crippen LogP contribution in [0, 0.1) is 11.2 Å². The summed E-state index contributed by atoms with van der Waals surface area (Å²) >= 11 is 0. The second kappa shape index (κ2) is 5.34. The fourth-order valence-electron chi connectivity index (χ4n) is 3.51. The lowest BCUT2D eigenvalue weighted by molar-refractivity contribution is -0.120. The van der Waals surface area contributed by atoms with Crippen LogP contribution in [0.5, 0.6) is 0 Å². The average molecular weight is 335 g/mol. The number of guanidine groups is 1. The number of aliphatic imine (C=N–C) groups is 2. The number of rotatable bonds is 1. The number of Topliss-reactive ketones (excluding diaryl/α,β-unsaturated/α-hetero) is 1. The molecule has 1 atom stereocenters. The van der Waals surface area contributed by atoms with E-state index in [0.29, 0.717) is 29.4 Å². The molecule has 0 spiro atoms. The molecule has 0 aromatic heterocycles. The first kappa shape index (κ1) is 15.7. The van der Waals surface area contributed by atoms with Crippen LogP contribution in [-0.2, 0) is 4.79 Å². The highest BCUT2D eigenvalue weighted by atomic mass is 19.1. The SMILES string of the molecule is CN(C)C1=NC2=C(c3ccccc3F)C(=O)C3(C)CC=CC=C3C2=N1. The molecular weight excluding hydrogens is 317 g/mol. The zero-order valence-electron chi connectivity index (χ0n) is 14.4. The van der Waals surface area contributed by atoms with E-state index in [1.165, 1.54) is 6.07 Å². The molecule has 5 heteroatoms. The standard InChI is InChI=1S/C20H18FN3O/c1-20-11-7-6-9-13(20)16-17(23-19(22-16)24(2)3)15(18(20)25)12-8-4-5-10-14(12)21/h4-10H,11H2,1-3H3. The summed E-state index contributed by atoms with van der Waals surface area (Å²) in [5, 5.41) is 0. The molecule has 0 amide bonds. The first-order valence-corrected chi connectivity index (χ1v) is 8.20. The van der Waals surface area contributed by atoms with Crippen LogP contribution in [-0.4, -0.2) is 36.4 Å². The Labute approximate surface area is 145 Å². The molecule has 2 aliphatic carbocycles. The third kappa shape index (κ3) is 2.15. The molecule has 4 rings (SSSR count). The molecule has 0 bridgehead atoms. The molecule has 0 N–H and O–H groups in total. The number of fused-ring (bicyclic) bond motifs is 3. The minimum atomic E-state index is -0.744. The van der Waals surface area contributed by atoms with Crippen molar-refractivity contribution in [3.63, 3.8) is 0 Å². The van der Waals surface area contributed by atoms with Crippen LogP contribution in [0.15, 0.2) is 63.7 Å². The van der Waals surface area contributed by atoms with Crippen molar-refractivity contribution in [3.8, 4) is 0 Å². The monoisotopic (exact) mass is 335 g/mol. The maximum atomic E-state index is 14.5. The van der Waals surface area contributed by atoms with Crippen LogP contribution in [0.1, 0.15) is 18.9 Å². The number of allylic oxidation sites excluding steroid dienone is 5. The number of hydrogen-bond donors (Lipinski definition) is 0. The van der Waals surface area contributed by atoms with Gasteiger partial charge in [-0.15, -0.1) is 0 Å². The molecule has 0 saturated heterocycles. The van der Waals surface area contributed by atoms with E-state index in [0.717, 1.165) is 5.57 Å². The third-order valence-electron chi connectivity index (χ3n) is 4.93. The molecule has 0 saturated carbocycles. The summed E-state index contributed by atoms with van der Waals surface area (Å²) in [5.74, 6) is -0.00849. The van der Waals surface area contributed by atoms with Gasteiger partial charge in [0.25, 0.3) is 0 Å². The topological polar surface area (TPSA) is 45.0 Å². The quantitative estimate of drug-likeness (QED) is 0.790. The van der Waals surface area contributed by atoms with Crippen molar-refractivity contribution in [2.24, 2.45) is 15.4 Å². The van der Waals surface area contributed by atoms with Crippen LogP contribution in [0.25, 0.3) is 5.57 Å². The number of ketones is 1. The molecule has 3 aliphatic rings. The molecule has 1 heterocycles. The van der Waals surface area contributed by atoms with Crippen molar-refractivity contribution in [3.05, 3.63) is 65.1 Å². The Balaban J connectivity index is 2.04. The van der Waals surface area contributed by atoms with E-state index in [2.05, 4.69) is 9.98 Å². The lowest BCUT2D eigenvalue weighted by atomic mass is 9.64. The van der Waals surface area contributed by atoms with Crippen molar-refractivity contribution in [2.75, 3.05) is 14.1 Å². The first-order valence-electron chi connectivity index (χ1n) is 8.20. The summed E-state index contributed by atoms with van der Waals surface area (Å²) in [5.41, 5.74) is 1.87. The van der Waals surface area contributed by atoms with Crippen molar-refractivity contribution in [2.45, 2.75) is 13.3 Å². The summed E-state index contributed by atoms with van der Waals surface area (Å²) < 4.78 is 14.5. The van der Waals surface area contributed by atoms with Gasteiger partial charge in [0.1, 0.15) is 11.5 Å². The Morgan fingerprint density at radius 3 is 2.68 bits per heavy atom. The van der Waals surface area contributed by atoms with Gasteiger partial charge in [0, 0.05) is 19.7 Å². The molecule has 4 nitrogen and oxygen atoms in total. The lowest BCUT2D eigenvalue weighted by Crippen LogP contribution is -2.39. The Kier molecular flexibility index (Phi) is 3.35. The molecule has 126 valence electrons. The second-order valence-corrected chi connectivity index (χ2v) is 6.84. The maximum absolute atomic E-state index is 14.5. The summed E-state index contributed by atoms with van der Waals surface area (Å²) in [6.07, 6.45) is 6.40. The molecule has 0 radical (unpaired) electrons. The second-order valence-electron chi connectivity index (χ2n) is 6.84. The van der Waals surface area contributed by atoms with E-state index >= 15 is 0 Å². The van der Waals surface area contributed by atoms with Gasteiger partial charge in [-0.25, -0.2) is 14.4 Å². The third-order valence-corrected chi connectivity index (χ3v) is 4.93. The molecule has 1 unspecified atom stereocenters. The van der Waals surface area contributed by atoms with Gasteiger partial charge in [-0.1, -0.05) is 36.4 Å². The summed E-state index contributed by atoms with van der Waals surface area (Å²) in [6, 6.07) is 6.35. The Bertz CT molecular complexity index is 949. The minimum absolute atomic E-state index is 0.106. The highest BCUT2D eigenvalue weighted by molar-refractivity contribution is 6.40. The van der Waals surface area contributed by atoms with Crippen LogP contribution >= 0.6 is 0 Å². The van der Waals surface area contributed by atoms with Gasteiger partial charge in [0.05, 0.1) is 16.7 Å². The number of carbonyl (C=O) groups is 1. The Hall–Kier alpha value is -2.82. The predicted octanol–water partition coefficient (Wildman–Crippen LogP) is 3.38. The first-order chi connectivity index (χ1) is 11.9. The van der Waals surface area contributed by atoms with Crippen LogP contribution in [0.4, 0.5) is 4.39 Å². The van der Waals surface area contributed by atoms with Gasteiger partial charge >= 0.3 is 0 Å². The number of hydrogen-bond acceptors (Lipinski definition) is 4. The zero-order chi connectivity index (χ0) is 17.8. The highest BCUT2D eigenvalue weighted by Gasteiger charge is 2.49. The fraction of sp³-hybridized carbons (Fsp3) is 0.250. The number of benzene rings is 1. The minimum Gasteiger partial charge on any atom is -0.347 e. The Morgan fingerprint density at radius 1 is 1.20 bits per heavy atom. The van der Waals surface area contributed by atoms with Gasteiger partial charge < -0.3 is 4.90 Å². The summed E-state index contributed by atoms with van der Waals surface area (Å²) in [4.78, 5) is 24.4. The van der Waals surface area contributed by atoms with Crippen molar-refractivity contribution < 1.29 is 9.18 Å². The van der Waals surface area contributed by atoms with Crippen LogP contribution in [0.3, 0.4) is 0 Å². The van der Waals surface area contributed by atoms with Crippen molar-refractivity contribution >= 4 is 23.0 Å². The van der Waals surface area contributed by atoms with Gasteiger partial charge in [-0.3, -0.25) is 4.79 Å². The zero-order valence-corrected chi connectivity index (χ0v) is 14.4. The molecule has 25 heavy (non-hydrogen) atoms. The van der Waals surface area contributed by atoms with E-state index in [1.807, 2.05) is 39.2 Å². The average Bonchev–Trinajstić information content (AvgIpc) is 3.02. The van der Waals surface area contributed by atoms with E-state index in [4.69, 9.17) is 0 Å². The summed E-state index contributed by atoms with van der Waals surface area (Å²) in [6.45, 7) is 1.90. The molecule has 1 aliphatic heterocycles. The van der Waals surface area contributed by atoms with Gasteiger partial charge in [-0.05, 0) is 25.0 Å². The lowest BCUT2D eigenvalue weighted by Gasteiger charge is -2.37. The van der Waals surface area contributed by atoms with Gasteiger partial charge in [0.2, 0.25) is 5.96 Å². The van der Waals surface area contributed by atoms with E-state index in [9.17, 15) is 9.18 Å². The Morgan fingerprint density at radius 2 is 1.96 bits per heavy atom. The number of nitrogens with zero attached hydrogens (tertiary/aromatic N) is 3. The molecule has 1 aromatic rings. The van der Waals surface area contributed by atoms with E-state index in [-0.39, 0.29) is 11.3 Å². The highest BCUT2D eigenvalue weighted by Crippen LogP contribution is 2.48. The largest absolute Gasteiger partial charge is 0.347 e. The number of halogens is 1. The van der Waals surface area contributed by atoms with Crippen molar-refractivity contribution in [1.82, 2.24) is 4.90 Å². The molecular formula is C20H18FN3O. The predicted molar refractivity (Wildman–Crippen MR) is 96.8 cm³/mol. The smallest absolute Gasteiger partial charge is 0.226 e. The summed E-state index contributed by atoms with van der Waals surface area (Å²) in [7, 11) is 3.69. The molecule has 1 aromatic carbocycles. The maximum Gasteiger partial charge on any atom is 0.226 e. The fourth-order valence-corrected chi connectivity index (χ4v) is 3.51.